The maximum absolute atomic E-state index is 12.8. The second-order valence-electron chi connectivity index (χ2n) is 7.80. The van der Waals surface area contributed by atoms with Gasteiger partial charge in [0.05, 0.1) is 11.7 Å². The first-order valence-corrected chi connectivity index (χ1v) is 10.4. The maximum Gasteiger partial charge on any atom is 0.315 e. The zero-order chi connectivity index (χ0) is 19.1. The van der Waals surface area contributed by atoms with Gasteiger partial charge in [-0.15, -0.1) is 0 Å². The number of amides is 3. The van der Waals surface area contributed by atoms with Gasteiger partial charge in [-0.1, -0.05) is 25.3 Å². The van der Waals surface area contributed by atoms with Crippen LogP contribution in [0.2, 0.25) is 0 Å². The lowest BCUT2D eigenvalue weighted by Gasteiger charge is -2.29. The van der Waals surface area contributed by atoms with Crippen molar-refractivity contribution < 1.29 is 9.59 Å². The highest BCUT2D eigenvalue weighted by Crippen LogP contribution is 2.34. The lowest BCUT2D eigenvalue weighted by atomic mass is 9.96. The van der Waals surface area contributed by atoms with E-state index in [2.05, 4.69) is 22.5 Å². The van der Waals surface area contributed by atoms with E-state index in [9.17, 15) is 9.59 Å². The molecule has 2 fully saturated rings. The zero-order valence-electron chi connectivity index (χ0n) is 16.3. The Kier molecular flexibility index (Phi) is 7.07. The number of pyridine rings is 1. The van der Waals surface area contributed by atoms with E-state index in [1.54, 1.807) is 6.20 Å². The Morgan fingerprint density at radius 2 is 1.96 bits per heavy atom. The van der Waals surface area contributed by atoms with Crippen molar-refractivity contribution in [2.24, 2.45) is 0 Å². The van der Waals surface area contributed by atoms with Crippen molar-refractivity contribution in [2.45, 2.75) is 82.8 Å². The van der Waals surface area contributed by atoms with E-state index in [-0.39, 0.29) is 18.0 Å². The van der Waals surface area contributed by atoms with Crippen LogP contribution in [0.4, 0.5) is 4.79 Å². The van der Waals surface area contributed by atoms with Crippen LogP contribution in [-0.4, -0.2) is 40.5 Å². The fourth-order valence-corrected chi connectivity index (χ4v) is 3.91. The van der Waals surface area contributed by atoms with E-state index < -0.39 is 0 Å². The van der Waals surface area contributed by atoms with Gasteiger partial charge in [0.2, 0.25) is 5.91 Å². The molecule has 0 aliphatic heterocycles. The number of urea groups is 1. The van der Waals surface area contributed by atoms with E-state index >= 15 is 0 Å². The first-order valence-electron chi connectivity index (χ1n) is 10.4. The molecular formula is C21H32N4O2. The number of nitrogens with one attached hydrogen (secondary N) is 2. The second kappa shape index (κ2) is 9.72. The van der Waals surface area contributed by atoms with E-state index in [1.165, 1.54) is 19.3 Å². The molecule has 1 unspecified atom stereocenters. The maximum atomic E-state index is 12.8. The van der Waals surface area contributed by atoms with Crippen molar-refractivity contribution >= 4 is 11.9 Å². The molecule has 148 valence electrons. The summed E-state index contributed by atoms with van der Waals surface area (Å²) in [5.74, 6) is 0.158. The average molecular weight is 373 g/mol. The lowest BCUT2D eigenvalue weighted by Crippen LogP contribution is -2.43. The average Bonchev–Trinajstić information content (AvgIpc) is 3.52. The normalized spacial score (nSPS) is 18.6. The molecule has 3 amide bonds. The number of rotatable bonds is 8. The van der Waals surface area contributed by atoms with Gasteiger partial charge in [0, 0.05) is 31.2 Å². The van der Waals surface area contributed by atoms with Crippen molar-refractivity contribution in [2.75, 3.05) is 6.54 Å². The molecule has 27 heavy (non-hydrogen) atoms. The SMILES string of the molecule is CC(c1ccccn1)N(C(=O)CCCNC(=O)NC1CCCCC1)C1CC1. The summed E-state index contributed by atoms with van der Waals surface area (Å²) in [6, 6.07) is 6.38. The van der Waals surface area contributed by atoms with Gasteiger partial charge in [0.15, 0.2) is 0 Å². The predicted octanol–water partition coefficient (Wildman–Crippen LogP) is 3.55. The van der Waals surface area contributed by atoms with Crippen LogP contribution in [0.25, 0.3) is 0 Å². The molecule has 2 aliphatic rings. The van der Waals surface area contributed by atoms with Crippen molar-refractivity contribution in [1.29, 1.82) is 0 Å². The third kappa shape index (κ3) is 5.94. The van der Waals surface area contributed by atoms with Crippen molar-refractivity contribution in [3.05, 3.63) is 30.1 Å². The molecule has 1 aromatic heterocycles. The van der Waals surface area contributed by atoms with Gasteiger partial charge in [-0.05, 0) is 51.2 Å². The first kappa shape index (κ1) is 19.6. The summed E-state index contributed by atoms with van der Waals surface area (Å²) in [5, 5.41) is 5.94. The number of carbonyl (C=O) groups is 2. The van der Waals surface area contributed by atoms with Crippen LogP contribution in [0.3, 0.4) is 0 Å². The summed E-state index contributed by atoms with van der Waals surface area (Å²) < 4.78 is 0. The van der Waals surface area contributed by atoms with E-state index in [0.29, 0.717) is 31.5 Å². The van der Waals surface area contributed by atoms with E-state index in [1.807, 2.05) is 23.1 Å². The summed E-state index contributed by atoms with van der Waals surface area (Å²) in [6.45, 7) is 2.58. The number of nitrogens with zero attached hydrogens (tertiary/aromatic N) is 2. The number of aromatic nitrogens is 1. The highest BCUT2D eigenvalue weighted by molar-refractivity contribution is 5.77. The Morgan fingerprint density at radius 1 is 1.19 bits per heavy atom. The highest BCUT2D eigenvalue weighted by Gasteiger charge is 2.36. The monoisotopic (exact) mass is 372 g/mol. The fraction of sp³-hybridized carbons (Fsp3) is 0.667. The highest BCUT2D eigenvalue weighted by atomic mass is 16.2. The lowest BCUT2D eigenvalue weighted by molar-refractivity contribution is -0.134. The van der Waals surface area contributed by atoms with Crippen molar-refractivity contribution in [3.63, 3.8) is 0 Å². The predicted molar refractivity (Wildman–Crippen MR) is 105 cm³/mol. The molecule has 2 saturated carbocycles. The topological polar surface area (TPSA) is 74.3 Å². The molecule has 1 aromatic rings. The van der Waals surface area contributed by atoms with Gasteiger partial charge >= 0.3 is 6.03 Å². The standard InChI is InChI=1S/C21H32N4O2/c1-16(19-10-5-6-14-22-19)25(18-12-13-18)20(26)11-7-15-23-21(27)24-17-8-3-2-4-9-17/h5-6,10,14,16-18H,2-4,7-9,11-13,15H2,1H3,(H2,23,24,27). The molecule has 6 nitrogen and oxygen atoms in total. The zero-order valence-corrected chi connectivity index (χ0v) is 16.3. The molecule has 0 bridgehead atoms. The van der Waals surface area contributed by atoms with Crippen LogP contribution in [0, 0.1) is 0 Å². The summed E-state index contributed by atoms with van der Waals surface area (Å²) in [7, 11) is 0. The van der Waals surface area contributed by atoms with Crippen LogP contribution in [0.1, 0.15) is 76.4 Å². The Morgan fingerprint density at radius 3 is 2.63 bits per heavy atom. The quantitative estimate of drug-likeness (QED) is 0.685. The molecule has 0 aromatic carbocycles. The molecule has 0 radical (unpaired) electrons. The smallest absolute Gasteiger partial charge is 0.315 e. The van der Waals surface area contributed by atoms with Gasteiger partial charge in [-0.3, -0.25) is 9.78 Å². The minimum absolute atomic E-state index is 0.00578. The van der Waals surface area contributed by atoms with Crippen LogP contribution >= 0.6 is 0 Å². The summed E-state index contributed by atoms with van der Waals surface area (Å²) in [4.78, 5) is 31.1. The Labute approximate surface area is 162 Å². The minimum atomic E-state index is -0.102. The molecular weight excluding hydrogens is 340 g/mol. The van der Waals surface area contributed by atoms with Gasteiger partial charge < -0.3 is 15.5 Å². The van der Waals surface area contributed by atoms with Gasteiger partial charge in [-0.25, -0.2) is 4.79 Å². The molecule has 1 heterocycles. The fourth-order valence-electron chi connectivity index (χ4n) is 3.91. The van der Waals surface area contributed by atoms with Crippen LogP contribution in [-0.2, 0) is 4.79 Å². The molecule has 2 N–H and O–H groups in total. The molecule has 0 saturated heterocycles. The Hall–Kier alpha value is -2.11. The van der Waals surface area contributed by atoms with Gasteiger partial charge in [0.25, 0.3) is 0 Å². The Balaban J connectivity index is 1.40. The van der Waals surface area contributed by atoms with Crippen molar-refractivity contribution in [3.8, 4) is 0 Å². The minimum Gasteiger partial charge on any atom is -0.338 e. The summed E-state index contributed by atoms with van der Waals surface area (Å²) in [5.41, 5.74) is 0.933. The van der Waals surface area contributed by atoms with Gasteiger partial charge in [-0.2, -0.15) is 0 Å². The largest absolute Gasteiger partial charge is 0.338 e. The van der Waals surface area contributed by atoms with Gasteiger partial charge in [0.1, 0.15) is 0 Å². The van der Waals surface area contributed by atoms with Crippen molar-refractivity contribution in [1.82, 2.24) is 20.5 Å². The number of hydrogen-bond donors (Lipinski definition) is 2. The molecule has 6 heteroatoms. The van der Waals surface area contributed by atoms with Crippen LogP contribution in [0.15, 0.2) is 24.4 Å². The number of carbonyl (C=O) groups excluding carboxylic acids is 2. The molecule has 3 rings (SSSR count). The Bertz CT molecular complexity index is 612. The third-order valence-electron chi connectivity index (χ3n) is 5.55. The van der Waals surface area contributed by atoms with Crippen LogP contribution in [0.5, 0.6) is 0 Å². The molecule has 2 aliphatic carbocycles. The van der Waals surface area contributed by atoms with E-state index in [0.717, 1.165) is 31.4 Å². The summed E-state index contributed by atoms with van der Waals surface area (Å²) >= 11 is 0. The third-order valence-corrected chi connectivity index (χ3v) is 5.55. The number of hydrogen-bond acceptors (Lipinski definition) is 3. The van der Waals surface area contributed by atoms with E-state index in [4.69, 9.17) is 0 Å². The van der Waals surface area contributed by atoms with Crippen LogP contribution < -0.4 is 10.6 Å². The molecule has 1 atom stereocenters. The summed E-state index contributed by atoms with van der Waals surface area (Å²) in [6.07, 6.45) is 10.9. The molecule has 0 spiro atoms. The second-order valence-corrected chi connectivity index (χ2v) is 7.80. The first-order chi connectivity index (χ1) is 13.1.